The Morgan fingerprint density at radius 2 is 1.81 bits per heavy atom. The highest BCUT2D eigenvalue weighted by molar-refractivity contribution is 5.91. The fraction of sp³-hybridized carbons (Fsp3) is 0.217. The Kier molecular flexibility index (Phi) is 5.29. The number of ether oxygens (including phenoxy) is 1. The van der Waals surface area contributed by atoms with Crippen molar-refractivity contribution < 1.29 is 9.53 Å². The van der Waals surface area contributed by atoms with E-state index in [1.807, 2.05) is 56.3 Å². The lowest BCUT2D eigenvalue weighted by Crippen LogP contribution is -2.29. The van der Waals surface area contributed by atoms with Crippen molar-refractivity contribution >= 4 is 17.2 Å². The molecular weight excluding hydrogens is 394 g/mol. The van der Waals surface area contributed by atoms with Crippen molar-refractivity contribution in [2.75, 3.05) is 12.4 Å². The predicted octanol–water partition coefficient (Wildman–Crippen LogP) is 3.13. The Labute approximate surface area is 179 Å². The third kappa shape index (κ3) is 4.05. The molecule has 2 aromatic heterocycles. The van der Waals surface area contributed by atoms with Crippen LogP contribution in [0.3, 0.4) is 0 Å². The second-order valence-electron chi connectivity index (χ2n) is 7.42. The summed E-state index contributed by atoms with van der Waals surface area (Å²) >= 11 is 0. The van der Waals surface area contributed by atoms with Crippen LogP contribution in [0.25, 0.3) is 16.9 Å². The van der Waals surface area contributed by atoms with Crippen LogP contribution in [0.2, 0.25) is 0 Å². The molecule has 0 unspecified atom stereocenters. The number of rotatable bonds is 5. The normalized spacial score (nSPS) is 11.0. The highest BCUT2D eigenvalue weighted by Crippen LogP contribution is 2.22. The molecule has 0 bridgehead atoms. The summed E-state index contributed by atoms with van der Waals surface area (Å²) in [7, 11) is 1.61. The number of aryl methyl sites for hydroxylation is 3. The zero-order valence-corrected chi connectivity index (χ0v) is 17.8. The number of anilines is 1. The van der Waals surface area contributed by atoms with Crippen LogP contribution in [0.1, 0.15) is 17.0 Å². The fourth-order valence-corrected chi connectivity index (χ4v) is 3.41. The third-order valence-electron chi connectivity index (χ3n) is 5.08. The molecule has 0 saturated heterocycles. The van der Waals surface area contributed by atoms with Gasteiger partial charge in [0.1, 0.15) is 18.1 Å². The van der Waals surface area contributed by atoms with Crippen molar-refractivity contribution in [2.24, 2.45) is 0 Å². The first-order valence-corrected chi connectivity index (χ1v) is 9.84. The lowest BCUT2D eigenvalue weighted by molar-refractivity contribution is -0.117. The number of fused-ring (bicyclic) bond motifs is 1. The first-order valence-electron chi connectivity index (χ1n) is 9.84. The average Bonchev–Trinajstić information content (AvgIpc) is 3.06. The van der Waals surface area contributed by atoms with Crippen molar-refractivity contribution in [2.45, 2.75) is 27.3 Å². The molecule has 4 rings (SSSR count). The summed E-state index contributed by atoms with van der Waals surface area (Å²) in [5.41, 5.74) is 4.30. The molecule has 0 saturated carbocycles. The maximum absolute atomic E-state index is 12.8. The van der Waals surface area contributed by atoms with Gasteiger partial charge in [-0.05, 0) is 62.2 Å². The van der Waals surface area contributed by atoms with E-state index in [-0.39, 0.29) is 12.5 Å². The van der Waals surface area contributed by atoms with Crippen LogP contribution in [-0.4, -0.2) is 32.2 Å². The molecule has 4 aromatic rings. The number of nitrogens with one attached hydrogen (secondary N) is 1. The van der Waals surface area contributed by atoms with Gasteiger partial charge in [0.2, 0.25) is 5.91 Å². The number of amides is 1. The van der Waals surface area contributed by atoms with E-state index in [0.717, 1.165) is 32.8 Å². The minimum absolute atomic E-state index is 0.189. The van der Waals surface area contributed by atoms with Gasteiger partial charge < -0.3 is 10.1 Å². The highest BCUT2D eigenvalue weighted by atomic mass is 16.5. The van der Waals surface area contributed by atoms with E-state index < -0.39 is 5.69 Å². The second kappa shape index (κ2) is 8.06. The molecule has 2 aromatic carbocycles. The van der Waals surface area contributed by atoms with E-state index in [1.165, 1.54) is 4.40 Å². The molecule has 0 radical (unpaired) electrons. The van der Waals surface area contributed by atoms with Crippen LogP contribution in [0.4, 0.5) is 5.69 Å². The molecular formula is C23H23N5O3. The van der Waals surface area contributed by atoms with Crippen LogP contribution in [-0.2, 0) is 11.3 Å². The Bertz CT molecular complexity index is 1340. The van der Waals surface area contributed by atoms with Gasteiger partial charge in [0, 0.05) is 17.3 Å². The Morgan fingerprint density at radius 3 is 2.52 bits per heavy atom. The van der Waals surface area contributed by atoms with E-state index in [2.05, 4.69) is 15.4 Å². The summed E-state index contributed by atoms with van der Waals surface area (Å²) in [4.78, 5) is 29.9. The summed E-state index contributed by atoms with van der Waals surface area (Å²) < 4.78 is 7.75. The first kappa shape index (κ1) is 20.3. The molecule has 8 nitrogen and oxygen atoms in total. The minimum atomic E-state index is -0.405. The van der Waals surface area contributed by atoms with Crippen LogP contribution < -0.4 is 15.7 Å². The maximum Gasteiger partial charge on any atom is 0.352 e. The van der Waals surface area contributed by atoms with Crippen LogP contribution in [0.15, 0.2) is 53.3 Å². The van der Waals surface area contributed by atoms with Crippen molar-refractivity contribution in [1.82, 2.24) is 19.2 Å². The number of carbonyl (C=O) groups excluding carboxylic acids is 1. The van der Waals surface area contributed by atoms with E-state index in [9.17, 15) is 9.59 Å². The van der Waals surface area contributed by atoms with Crippen molar-refractivity contribution in [3.8, 4) is 17.0 Å². The lowest BCUT2D eigenvalue weighted by Gasteiger charge is -2.08. The van der Waals surface area contributed by atoms with Gasteiger partial charge in [0.25, 0.3) is 0 Å². The van der Waals surface area contributed by atoms with E-state index >= 15 is 0 Å². The van der Waals surface area contributed by atoms with Gasteiger partial charge in [0.05, 0.1) is 12.8 Å². The Hall–Kier alpha value is -3.94. The quantitative estimate of drug-likeness (QED) is 0.539. The topological polar surface area (TPSA) is 90.5 Å². The van der Waals surface area contributed by atoms with Gasteiger partial charge in [-0.15, -0.1) is 5.10 Å². The van der Waals surface area contributed by atoms with Crippen molar-refractivity contribution in [3.05, 3.63) is 76.0 Å². The minimum Gasteiger partial charge on any atom is -0.497 e. The third-order valence-corrected chi connectivity index (χ3v) is 5.08. The molecule has 0 spiro atoms. The molecule has 0 aliphatic heterocycles. The van der Waals surface area contributed by atoms with Gasteiger partial charge in [0.15, 0.2) is 5.65 Å². The van der Waals surface area contributed by atoms with E-state index in [4.69, 9.17) is 4.74 Å². The van der Waals surface area contributed by atoms with E-state index in [0.29, 0.717) is 17.2 Å². The number of methoxy groups -OCH3 is 1. The highest BCUT2D eigenvalue weighted by Gasteiger charge is 2.15. The molecule has 8 heteroatoms. The first-order chi connectivity index (χ1) is 14.9. The van der Waals surface area contributed by atoms with Crippen molar-refractivity contribution in [3.63, 3.8) is 0 Å². The molecule has 1 amide bonds. The molecule has 0 fully saturated rings. The summed E-state index contributed by atoms with van der Waals surface area (Å²) in [5, 5.41) is 7.21. The van der Waals surface area contributed by atoms with Crippen molar-refractivity contribution in [1.29, 1.82) is 0 Å². The van der Waals surface area contributed by atoms with Crippen LogP contribution >= 0.6 is 0 Å². The van der Waals surface area contributed by atoms with Crippen LogP contribution in [0.5, 0.6) is 5.75 Å². The number of nitrogens with zero attached hydrogens (tertiary/aromatic N) is 4. The standard InChI is InChI=1S/C23H23N5O3/c1-14-5-6-15(2)19(11-14)25-22(29)13-27-23(30)28-16(3)24-20(12-21(28)26-27)17-7-9-18(31-4)10-8-17/h5-12H,13H2,1-4H3,(H,25,29). The van der Waals surface area contributed by atoms with Crippen LogP contribution in [0, 0.1) is 20.8 Å². The van der Waals surface area contributed by atoms with Gasteiger partial charge in [-0.1, -0.05) is 12.1 Å². The van der Waals surface area contributed by atoms with Gasteiger partial charge in [-0.3, -0.25) is 4.79 Å². The summed E-state index contributed by atoms with van der Waals surface area (Å²) in [6.07, 6.45) is 0. The number of aromatic nitrogens is 4. The SMILES string of the molecule is COc1ccc(-c2cc3nn(CC(=O)Nc4cc(C)ccc4C)c(=O)n3c(C)n2)cc1. The molecule has 2 heterocycles. The fourth-order valence-electron chi connectivity index (χ4n) is 3.41. The number of benzene rings is 2. The average molecular weight is 417 g/mol. The summed E-state index contributed by atoms with van der Waals surface area (Å²) in [5.74, 6) is 0.923. The maximum atomic E-state index is 12.8. The number of carbonyl (C=O) groups is 1. The largest absolute Gasteiger partial charge is 0.497 e. The molecule has 31 heavy (non-hydrogen) atoms. The lowest BCUT2D eigenvalue weighted by atomic mass is 10.1. The smallest absolute Gasteiger partial charge is 0.352 e. The molecule has 1 N–H and O–H groups in total. The molecule has 0 aliphatic rings. The molecule has 0 atom stereocenters. The monoisotopic (exact) mass is 417 g/mol. The summed E-state index contributed by atoms with van der Waals surface area (Å²) in [6.45, 7) is 5.43. The van der Waals surface area contributed by atoms with E-state index in [1.54, 1.807) is 20.1 Å². The van der Waals surface area contributed by atoms with Gasteiger partial charge in [-0.25, -0.2) is 18.9 Å². The molecule has 0 aliphatic carbocycles. The number of hydrogen-bond acceptors (Lipinski definition) is 5. The van der Waals surface area contributed by atoms with Gasteiger partial charge >= 0.3 is 5.69 Å². The zero-order chi connectivity index (χ0) is 22.1. The second-order valence-corrected chi connectivity index (χ2v) is 7.42. The summed E-state index contributed by atoms with van der Waals surface area (Å²) in [6, 6.07) is 15.0. The number of hydrogen-bond donors (Lipinski definition) is 1. The Balaban J connectivity index is 1.64. The molecule has 158 valence electrons. The Morgan fingerprint density at radius 1 is 1.06 bits per heavy atom. The van der Waals surface area contributed by atoms with Gasteiger partial charge in [-0.2, -0.15) is 0 Å². The predicted molar refractivity (Wildman–Crippen MR) is 119 cm³/mol. The zero-order valence-electron chi connectivity index (χ0n) is 17.8.